The van der Waals surface area contributed by atoms with Gasteiger partial charge in [0.05, 0.1) is 27.7 Å². The first kappa shape index (κ1) is 29.5. The Kier molecular flexibility index (Phi) is 5.98. The van der Waals surface area contributed by atoms with E-state index in [0.29, 0.717) is 5.95 Å². The zero-order chi connectivity index (χ0) is 35.4. The number of nitrogens with zero attached hydrogens (tertiary/aromatic N) is 3. The third-order valence-electron chi connectivity index (χ3n) is 11.8. The van der Waals surface area contributed by atoms with Crippen LogP contribution in [0.3, 0.4) is 0 Å². The van der Waals surface area contributed by atoms with Crippen LogP contribution in [-0.4, -0.2) is 14.5 Å². The van der Waals surface area contributed by atoms with E-state index in [-0.39, 0.29) is 0 Å². The Morgan fingerprint density at radius 1 is 0.352 bits per heavy atom. The zero-order valence-corrected chi connectivity index (χ0v) is 29.2. The molecule has 0 N–H and O–H groups in total. The van der Waals surface area contributed by atoms with Crippen LogP contribution in [0.15, 0.2) is 188 Å². The Morgan fingerprint density at radius 3 is 1.59 bits per heavy atom. The molecular weight excluding hydrogens is 655 g/mol. The lowest BCUT2D eigenvalue weighted by atomic mass is 9.70. The number of benzene rings is 8. The Morgan fingerprint density at radius 2 is 0.907 bits per heavy atom. The van der Waals surface area contributed by atoms with Crippen molar-refractivity contribution in [2.45, 2.75) is 5.41 Å². The van der Waals surface area contributed by atoms with Gasteiger partial charge >= 0.3 is 0 Å². The van der Waals surface area contributed by atoms with Crippen LogP contribution in [0.5, 0.6) is 0 Å². The van der Waals surface area contributed by atoms with Crippen LogP contribution in [0.1, 0.15) is 22.3 Å². The van der Waals surface area contributed by atoms with Gasteiger partial charge < -0.3 is 0 Å². The fraction of sp³-hybridized carbons (Fsp3) is 0.0196. The van der Waals surface area contributed by atoms with Gasteiger partial charge in [0.2, 0.25) is 5.95 Å². The largest absolute Gasteiger partial charge is 0.278 e. The Hall–Kier alpha value is -7.10. The van der Waals surface area contributed by atoms with E-state index in [1.54, 1.807) is 0 Å². The number of rotatable bonds is 3. The molecule has 0 radical (unpaired) electrons. The van der Waals surface area contributed by atoms with Crippen molar-refractivity contribution in [3.8, 4) is 50.6 Å². The average molecular weight is 686 g/mol. The monoisotopic (exact) mass is 685 g/mol. The maximum absolute atomic E-state index is 5.44. The van der Waals surface area contributed by atoms with Crippen LogP contribution < -0.4 is 0 Å². The van der Waals surface area contributed by atoms with Crippen molar-refractivity contribution in [3.63, 3.8) is 0 Å². The number of fused-ring (bicyclic) bond motifs is 14. The second-order valence-electron chi connectivity index (χ2n) is 14.5. The molecule has 8 aromatic carbocycles. The molecule has 2 aromatic heterocycles. The predicted molar refractivity (Wildman–Crippen MR) is 221 cm³/mol. The smallest absolute Gasteiger partial charge is 0.235 e. The van der Waals surface area contributed by atoms with Crippen molar-refractivity contribution in [2.75, 3.05) is 0 Å². The SMILES string of the molecule is c1ccc(-c2ccc3c4cc5c(cc4n(-c4nc(-c6ccccc6)c6ccccc6n4)c3c2)-c2ccccc2C52c3ccccc3-c3ccccc32)cc1. The third-order valence-corrected chi connectivity index (χ3v) is 11.8. The van der Waals surface area contributed by atoms with E-state index in [1.807, 2.05) is 0 Å². The van der Waals surface area contributed by atoms with Crippen LogP contribution in [0.4, 0.5) is 0 Å². The lowest BCUT2D eigenvalue weighted by Crippen LogP contribution is -2.25. The maximum Gasteiger partial charge on any atom is 0.235 e. The molecule has 2 aliphatic rings. The summed E-state index contributed by atoms with van der Waals surface area (Å²) in [7, 11) is 0. The van der Waals surface area contributed by atoms with Gasteiger partial charge in [-0.3, -0.25) is 4.57 Å². The normalized spacial score (nSPS) is 13.3. The van der Waals surface area contributed by atoms with Crippen LogP contribution in [-0.2, 0) is 5.41 Å². The summed E-state index contributed by atoms with van der Waals surface area (Å²) in [4.78, 5) is 10.8. The van der Waals surface area contributed by atoms with Gasteiger partial charge in [0.25, 0.3) is 0 Å². The van der Waals surface area contributed by atoms with Gasteiger partial charge in [-0.15, -0.1) is 0 Å². The molecule has 0 amide bonds. The quantitative estimate of drug-likeness (QED) is 0.185. The number of hydrogen-bond acceptors (Lipinski definition) is 2. The van der Waals surface area contributed by atoms with Crippen molar-refractivity contribution in [2.24, 2.45) is 0 Å². The molecule has 3 nitrogen and oxygen atoms in total. The summed E-state index contributed by atoms with van der Waals surface area (Å²) in [5, 5.41) is 3.40. The fourth-order valence-corrected chi connectivity index (χ4v) is 9.61. The molecule has 12 rings (SSSR count). The highest BCUT2D eigenvalue weighted by Gasteiger charge is 2.51. The van der Waals surface area contributed by atoms with Crippen molar-refractivity contribution in [1.29, 1.82) is 0 Å². The van der Waals surface area contributed by atoms with E-state index in [9.17, 15) is 0 Å². The third kappa shape index (κ3) is 3.85. The predicted octanol–water partition coefficient (Wildman–Crippen LogP) is 12.4. The second kappa shape index (κ2) is 11.0. The van der Waals surface area contributed by atoms with Gasteiger partial charge in [0, 0.05) is 21.7 Å². The molecule has 0 unspecified atom stereocenters. The molecule has 0 saturated heterocycles. The molecule has 0 aliphatic heterocycles. The van der Waals surface area contributed by atoms with Crippen molar-refractivity contribution in [3.05, 3.63) is 210 Å². The molecule has 250 valence electrons. The topological polar surface area (TPSA) is 30.7 Å². The highest BCUT2D eigenvalue weighted by molar-refractivity contribution is 6.13. The van der Waals surface area contributed by atoms with Crippen molar-refractivity contribution >= 4 is 32.7 Å². The van der Waals surface area contributed by atoms with Gasteiger partial charge in [0.15, 0.2) is 0 Å². The summed E-state index contributed by atoms with van der Waals surface area (Å²) in [5.41, 5.74) is 17.5. The van der Waals surface area contributed by atoms with Crippen LogP contribution in [0, 0.1) is 0 Å². The van der Waals surface area contributed by atoms with Crippen LogP contribution >= 0.6 is 0 Å². The summed E-state index contributed by atoms with van der Waals surface area (Å²) < 4.78 is 2.31. The summed E-state index contributed by atoms with van der Waals surface area (Å²) in [6.07, 6.45) is 0. The highest BCUT2D eigenvalue weighted by atomic mass is 15.2. The first-order chi connectivity index (χ1) is 26.8. The summed E-state index contributed by atoms with van der Waals surface area (Å²) in [6, 6.07) is 68.3. The second-order valence-corrected chi connectivity index (χ2v) is 14.5. The Balaban J connectivity index is 1.23. The van der Waals surface area contributed by atoms with E-state index in [2.05, 4.69) is 193 Å². The van der Waals surface area contributed by atoms with E-state index in [1.165, 1.54) is 60.8 Å². The molecule has 2 heterocycles. The first-order valence-corrected chi connectivity index (χ1v) is 18.6. The average Bonchev–Trinajstić information content (AvgIpc) is 3.84. The molecule has 0 fully saturated rings. The van der Waals surface area contributed by atoms with E-state index < -0.39 is 5.41 Å². The first-order valence-electron chi connectivity index (χ1n) is 18.6. The zero-order valence-electron chi connectivity index (χ0n) is 29.2. The molecule has 54 heavy (non-hydrogen) atoms. The van der Waals surface area contributed by atoms with Crippen LogP contribution in [0.25, 0.3) is 83.3 Å². The number of hydrogen-bond donors (Lipinski definition) is 0. The summed E-state index contributed by atoms with van der Waals surface area (Å²) in [5.74, 6) is 0.662. The molecule has 1 spiro atoms. The maximum atomic E-state index is 5.44. The lowest BCUT2D eigenvalue weighted by molar-refractivity contribution is 0.795. The summed E-state index contributed by atoms with van der Waals surface area (Å²) >= 11 is 0. The standard InChI is InChI=1S/C51H31N3/c1-3-15-32(16-4-1)34-27-28-38-41-30-45-40(37-21-9-13-25-44(37)51(45)42-23-11-7-19-35(42)36-20-8-12-24-43(36)51)31-48(41)54(47(38)29-34)50-52-46-26-14-10-22-39(46)49(53-50)33-17-5-2-6-18-33/h1-31H. The molecule has 0 atom stereocenters. The minimum atomic E-state index is -0.425. The highest BCUT2D eigenvalue weighted by Crippen LogP contribution is 2.63. The lowest BCUT2D eigenvalue weighted by Gasteiger charge is -2.30. The van der Waals surface area contributed by atoms with Crippen LogP contribution in [0.2, 0.25) is 0 Å². The minimum Gasteiger partial charge on any atom is -0.278 e. The van der Waals surface area contributed by atoms with Gasteiger partial charge in [-0.05, 0) is 79.9 Å². The van der Waals surface area contributed by atoms with E-state index >= 15 is 0 Å². The van der Waals surface area contributed by atoms with Gasteiger partial charge in [0.1, 0.15) is 0 Å². The Labute approximate surface area is 312 Å². The molecule has 0 saturated carbocycles. The fourth-order valence-electron chi connectivity index (χ4n) is 9.61. The van der Waals surface area contributed by atoms with Gasteiger partial charge in [-0.1, -0.05) is 164 Å². The van der Waals surface area contributed by atoms with Gasteiger partial charge in [-0.25, -0.2) is 9.97 Å². The van der Waals surface area contributed by atoms with E-state index in [0.717, 1.165) is 38.8 Å². The number of para-hydroxylation sites is 1. The van der Waals surface area contributed by atoms with Gasteiger partial charge in [-0.2, -0.15) is 0 Å². The van der Waals surface area contributed by atoms with E-state index in [4.69, 9.17) is 9.97 Å². The Bertz CT molecular complexity index is 3110. The minimum absolute atomic E-state index is 0.425. The molecule has 3 heteroatoms. The molecule has 2 aliphatic carbocycles. The molecule has 0 bridgehead atoms. The summed E-state index contributed by atoms with van der Waals surface area (Å²) in [6.45, 7) is 0. The van der Waals surface area contributed by atoms with Crippen molar-refractivity contribution < 1.29 is 0 Å². The molecular formula is C51H31N3. The number of aromatic nitrogens is 3. The molecule has 10 aromatic rings. The van der Waals surface area contributed by atoms with Crippen molar-refractivity contribution in [1.82, 2.24) is 14.5 Å².